The van der Waals surface area contributed by atoms with E-state index in [1.807, 2.05) is 10.8 Å². The Bertz CT molecular complexity index is 578. The highest BCUT2D eigenvalue weighted by atomic mass is 16.5. The van der Waals surface area contributed by atoms with E-state index in [-0.39, 0.29) is 6.61 Å². The Morgan fingerprint density at radius 1 is 1.43 bits per heavy atom. The number of benzene rings is 1. The van der Waals surface area contributed by atoms with Crippen LogP contribution in [0.2, 0.25) is 0 Å². The smallest absolute Gasteiger partial charge is 0.137 e. The highest BCUT2D eigenvalue weighted by Crippen LogP contribution is 2.16. The van der Waals surface area contributed by atoms with Crippen molar-refractivity contribution in [2.75, 3.05) is 19.7 Å². The molecule has 0 aliphatic heterocycles. The molecule has 0 saturated carbocycles. The summed E-state index contributed by atoms with van der Waals surface area (Å²) in [5, 5.41) is 21.9. The van der Waals surface area contributed by atoms with Gasteiger partial charge < -0.3 is 19.7 Å². The zero-order chi connectivity index (χ0) is 14.9. The van der Waals surface area contributed by atoms with Gasteiger partial charge in [0.2, 0.25) is 0 Å². The number of aromatic nitrogens is 2. The van der Waals surface area contributed by atoms with E-state index in [9.17, 15) is 5.11 Å². The van der Waals surface area contributed by atoms with E-state index >= 15 is 0 Å². The van der Waals surface area contributed by atoms with Crippen molar-refractivity contribution in [3.8, 4) is 11.8 Å². The molecule has 0 saturated heterocycles. The van der Waals surface area contributed by atoms with E-state index in [0.29, 0.717) is 17.9 Å². The number of nitrogens with one attached hydrogen (secondary N) is 1. The third-order valence-corrected chi connectivity index (χ3v) is 2.92. The molecule has 1 heterocycles. The molecule has 0 fully saturated rings. The van der Waals surface area contributed by atoms with Gasteiger partial charge in [0, 0.05) is 32.0 Å². The summed E-state index contributed by atoms with van der Waals surface area (Å²) in [5.41, 5.74) is 0.470. The van der Waals surface area contributed by atoms with Gasteiger partial charge in [0.05, 0.1) is 11.9 Å². The lowest BCUT2D eigenvalue weighted by Crippen LogP contribution is -2.33. The lowest BCUT2D eigenvalue weighted by atomic mass is 10.2. The fraction of sp³-hybridized carbons (Fsp3) is 0.333. The average molecular weight is 286 g/mol. The van der Waals surface area contributed by atoms with Crippen LogP contribution >= 0.6 is 0 Å². The fourth-order valence-electron chi connectivity index (χ4n) is 1.83. The molecule has 0 bridgehead atoms. The van der Waals surface area contributed by atoms with E-state index in [2.05, 4.69) is 16.4 Å². The van der Waals surface area contributed by atoms with Crippen LogP contribution in [0, 0.1) is 11.3 Å². The molecular weight excluding hydrogens is 268 g/mol. The quantitative estimate of drug-likeness (QED) is 0.701. The van der Waals surface area contributed by atoms with Gasteiger partial charge in [-0.25, -0.2) is 4.98 Å². The van der Waals surface area contributed by atoms with E-state index in [4.69, 9.17) is 10.00 Å². The minimum absolute atomic E-state index is 0.150. The van der Waals surface area contributed by atoms with Crippen LogP contribution in [0.1, 0.15) is 5.56 Å². The number of hydrogen-bond acceptors (Lipinski definition) is 5. The van der Waals surface area contributed by atoms with Crippen LogP contribution in [0.5, 0.6) is 5.75 Å². The number of para-hydroxylation sites is 1. The third-order valence-electron chi connectivity index (χ3n) is 2.92. The number of nitrogens with zero attached hydrogens (tertiary/aromatic N) is 3. The van der Waals surface area contributed by atoms with Crippen molar-refractivity contribution in [1.82, 2.24) is 14.9 Å². The topological polar surface area (TPSA) is 83.1 Å². The van der Waals surface area contributed by atoms with Crippen molar-refractivity contribution in [3.63, 3.8) is 0 Å². The Kier molecular flexibility index (Phi) is 5.76. The monoisotopic (exact) mass is 286 g/mol. The second-order valence-corrected chi connectivity index (χ2v) is 4.58. The van der Waals surface area contributed by atoms with Crippen LogP contribution in [-0.4, -0.2) is 40.5 Å². The zero-order valence-corrected chi connectivity index (χ0v) is 11.6. The molecule has 110 valence electrons. The Labute approximate surface area is 123 Å². The lowest BCUT2D eigenvalue weighted by Gasteiger charge is -2.14. The third kappa shape index (κ3) is 4.91. The number of imidazole rings is 1. The zero-order valence-electron chi connectivity index (χ0n) is 11.6. The maximum atomic E-state index is 9.84. The largest absolute Gasteiger partial charge is 0.489 e. The van der Waals surface area contributed by atoms with Crippen molar-refractivity contribution in [2.24, 2.45) is 0 Å². The summed E-state index contributed by atoms with van der Waals surface area (Å²) in [6.07, 6.45) is 4.75. The molecule has 0 amide bonds. The molecule has 6 heteroatoms. The number of aliphatic hydroxyl groups is 1. The molecule has 2 rings (SSSR count). The normalized spacial score (nSPS) is 11.8. The SMILES string of the molecule is N#Cc1ccccc1OCC(O)CNCCn1ccnc1. The first kappa shape index (κ1) is 15.0. The van der Waals surface area contributed by atoms with Crippen LogP contribution in [0.25, 0.3) is 0 Å². The molecule has 6 nitrogen and oxygen atoms in total. The van der Waals surface area contributed by atoms with Gasteiger partial charge in [-0.1, -0.05) is 12.1 Å². The first-order valence-corrected chi connectivity index (χ1v) is 6.76. The molecule has 1 unspecified atom stereocenters. The van der Waals surface area contributed by atoms with Crippen molar-refractivity contribution >= 4 is 0 Å². The molecule has 0 radical (unpaired) electrons. The van der Waals surface area contributed by atoms with E-state index in [1.54, 1.807) is 36.8 Å². The maximum absolute atomic E-state index is 9.84. The van der Waals surface area contributed by atoms with Crippen LogP contribution in [0.4, 0.5) is 0 Å². The molecule has 1 aromatic heterocycles. The Hall–Kier alpha value is -2.36. The fourth-order valence-corrected chi connectivity index (χ4v) is 1.83. The lowest BCUT2D eigenvalue weighted by molar-refractivity contribution is 0.106. The van der Waals surface area contributed by atoms with Gasteiger partial charge in [-0.05, 0) is 12.1 Å². The number of nitriles is 1. The Morgan fingerprint density at radius 3 is 3.05 bits per heavy atom. The number of hydrogen-bond donors (Lipinski definition) is 2. The van der Waals surface area contributed by atoms with E-state index in [1.165, 1.54) is 0 Å². The minimum Gasteiger partial charge on any atom is -0.489 e. The summed E-state index contributed by atoms with van der Waals surface area (Å²) in [6.45, 7) is 2.12. The predicted octanol–water partition coefficient (Wildman–Crippen LogP) is 0.784. The summed E-state index contributed by atoms with van der Waals surface area (Å²) in [4.78, 5) is 3.95. The van der Waals surface area contributed by atoms with Crippen LogP contribution in [-0.2, 0) is 6.54 Å². The van der Waals surface area contributed by atoms with Crippen LogP contribution in [0.15, 0.2) is 43.0 Å². The van der Waals surface area contributed by atoms with Crippen molar-refractivity contribution < 1.29 is 9.84 Å². The average Bonchev–Trinajstić information content (AvgIpc) is 3.03. The molecule has 1 aromatic carbocycles. The second-order valence-electron chi connectivity index (χ2n) is 4.58. The van der Waals surface area contributed by atoms with Gasteiger partial charge in [0.15, 0.2) is 0 Å². The second kappa shape index (κ2) is 8.04. The van der Waals surface area contributed by atoms with Crippen molar-refractivity contribution in [3.05, 3.63) is 48.5 Å². The predicted molar refractivity (Wildman–Crippen MR) is 77.8 cm³/mol. The molecule has 0 aliphatic rings. The molecule has 2 aromatic rings. The summed E-state index contributed by atoms with van der Waals surface area (Å²) < 4.78 is 7.42. The van der Waals surface area contributed by atoms with E-state index < -0.39 is 6.10 Å². The summed E-state index contributed by atoms with van der Waals surface area (Å²) >= 11 is 0. The summed E-state index contributed by atoms with van der Waals surface area (Å²) in [6, 6.07) is 9.04. The van der Waals surface area contributed by atoms with E-state index in [0.717, 1.165) is 13.1 Å². The number of ether oxygens (including phenoxy) is 1. The highest BCUT2D eigenvalue weighted by molar-refractivity contribution is 5.42. The van der Waals surface area contributed by atoms with Gasteiger partial charge in [0.1, 0.15) is 24.5 Å². The van der Waals surface area contributed by atoms with Crippen molar-refractivity contribution in [2.45, 2.75) is 12.6 Å². The highest BCUT2D eigenvalue weighted by Gasteiger charge is 2.07. The summed E-state index contributed by atoms with van der Waals surface area (Å²) in [7, 11) is 0. The molecule has 1 atom stereocenters. The molecule has 0 spiro atoms. The van der Waals surface area contributed by atoms with Gasteiger partial charge >= 0.3 is 0 Å². The Balaban J connectivity index is 1.65. The van der Waals surface area contributed by atoms with Gasteiger partial charge in [0.25, 0.3) is 0 Å². The van der Waals surface area contributed by atoms with Crippen molar-refractivity contribution in [1.29, 1.82) is 5.26 Å². The first-order valence-electron chi connectivity index (χ1n) is 6.76. The first-order chi connectivity index (χ1) is 10.3. The molecule has 0 aliphatic carbocycles. The molecular formula is C15H18N4O2. The number of rotatable bonds is 8. The Morgan fingerprint density at radius 2 is 2.29 bits per heavy atom. The van der Waals surface area contributed by atoms with Gasteiger partial charge in [-0.15, -0.1) is 0 Å². The van der Waals surface area contributed by atoms with Gasteiger partial charge in [-0.2, -0.15) is 5.26 Å². The molecule has 2 N–H and O–H groups in total. The number of aliphatic hydroxyl groups excluding tert-OH is 1. The van der Waals surface area contributed by atoms with Crippen LogP contribution < -0.4 is 10.1 Å². The maximum Gasteiger partial charge on any atom is 0.137 e. The minimum atomic E-state index is -0.625. The summed E-state index contributed by atoms with van der Waals surface area (Å²) in [5.74, 6) is 0.498. The van der Waals surface area contributed by atoms with Gasteiger partial charge in [-0.3, -0.25) is 0 Å². The molecule has 21 heavy (non-hydrogen) atoms. The standard InChI is InChI=1S/C15H18N4O2/c16-9-13-3-1-2-4-15(13)21-11-14(20)10-17-5-7-19-8-6-18-12-19/h1-4,6,8,12,14,17,20H,5,7,10-11H2. The van der Waals surface area contributed by atoms with Crippen LogP contribution in [0.3, 0.4) is 0 Å².